The molecule has 112 valence electrons. The molecule has 1 N–H and O–H groups in total. The molecule has 0 atom stereocenters. The van der Waals surface area contributed by atoms with Crippen LogP contribution in [0.2, 0.25) is 0 Å². The van der Waals surface area contributed by atoms with Crippen LogP contribution in [-0.4, -0.2) is 16.5 Å². The van der Waals surface area contributed by atoms with Crippen LogP contribution in [0.1, 0.15) is 18.9 Å². The predicted molar refractivity (Wildman–Crippen MR) is 71.2 cm³/mol. The number of nitrogens with one attached hydrogen (secondary N) is 1. The lowest BCUT2D eigenvalue weighted by atomic mass is 10.1. The summed E-state index contributed by atoms with van der Waals surface area (Å²) in [7, 11) is 0. The fraction of sp³-hybridized carbons (Fsp3) is 0.286. The molecule has 0 saturated carbocycles. The van der Waals surface area contributed by atoms with Gasteiger partial charge in [-0.15, -0.1) is 0 Å². The summed E-state index contributed by atoms with van der Waals surface area (Å²) in [6, 6.07) is 2.79. The quantitative estimate of drug-likeness (QED) is 0.863. The number of alkyl halides is 3. The Hall–Kier alpha value is -2.18. The van der Waals surface area contributed by atoms with E-state index in [2.05, 4.69) is 15.3 Å². The van der Waals surface area contributed by atoms with Gasteiger partial charge in [-0.05, 0) is 24.6 Å². The molecule has 0 spiro atoms. The number of hydrogen-bond donors (Lipinski definition) is 1. The number of benzene rings is 1. The molecule has 0 saturated heterocycles. The summed E-state index contributed by atoms with van der Waals surface area (Å²) < 4.78 is 51.6. The molecular weight excluding hydrogens is 286 g/mol. The van der Waals surface area contributed by atoms with Gasteiger partial charge in [-0.2, -0.15) is 13.2 Å². The van der Waals surface area contributed by atoms with Crippen LogP contribution < -0.4 is 5.32 Å². The zero-order valence-corrected chi connectivity index (χ0v) is 11.2. The first-order valence-electron chi connectivity index (χ1n) is 6.35. The van der Waals surface area contributed by atoms with Gasteiger partial charge < -0.3 is 5.32 Å². The van der Waals surface area contributed by atoms with Crippen molar-refractivity contribution in [2.24, 2.45) is 0 Å². The number of anilines is 1. The summed E-state index contributed by atoms with van der Waals surface area (Å²) in [5.41, 5.74) is -0.890. The molecule has 7 heteroatoms. The van der Waals surface area contributed by atoms with Gasteiger partial charge in [-0.1, -0.05) is 6.92 Å². The second-order valence-electron chi connectivity index (χ2n) is 4.37. The van der Waals surface area contributed by atoms with Crippen molar-refractivity contribution in [2.45, 2.75) is 19.5 Å². The number of hydrogen-bond acceptors (Lipinski definition) is 3. The van der Waals surface area contributed by atoms with Gasteiger partial charge in [0.15, 0.2) is 5.82 Å². The van der Waals surface area contributed by atoms with E-state index in [0.29, 0.717) is 12.4 Å². The van der Waals surface area contributed by atoms with Gasteiger partial charge in [0.2, 0.25) is 0 Å². The zero-order valence-electron chi connectivity index (χ0n) is 11.2. The minimum atomic E-state index is -4.75. The van der Waals surface area contributed by atoms with Crippen LogP contribution in [0.5, 0.6) is 0 Å². The van der Waals surface area contributed by atoms with Crippen LogP contribution in [0.4, 0.5) is 23.4 Å². The normalized spacial score (nSPS) is 11.5. The standard InChI is InChI=1S/C14H13F4N3/c1-2-5-20-13-12(19-6-7-21-13)9-3-4-11(15)10(8-9)14(16,17)18/h3-4,6-8H,2,5H2,1H3,(H,20,21). The maximum absolute atomic E-state index is 13.3. The van der Waals surface area contributed by atoms with Crippen molar-refractivity contribution >= 4 is 5.82 Å². The summed E-state index contributed by atoms with van der Waals surface area (Å²) in [5.74, 6) is -0.933. The molecule has 2 rings (SSSR count). The molecule has 0 fully saturated rings. The SMILES string of the molecule is CCCNc1nccnc1-c1ccc(F)c(C(F)(F)F)c1. The number of halogens is 4. The van der Waals surface area contributed by atoms with E-state index in [4.69, 9.17) is 0 Å². The average molecular weight is 299 g/mol. The van der Waals surface area contributed by atoms with E-state index in [-0.39, 0.29) is 11.3 Å². The third-order valence-electron chi connectivity index (χ3n) is 2.79. The van der Waals surface area contributed by atoms with E-state index in [0.717, 1.165) is 18.6 Å². The van der Waals surface area contributed by atoms with Crippen molar-refractivity contribution in [3.05, 3.63) is 42.0 Å². The molecule has 0 bridgehead atoms. The maximum Gasteiger partial charge on any atom is 0.419 e. The Morgan fingerprint density at radius 1 is 1.14 bits per heavy atom. The monoisotopic (exact) mass is 299 g/mol. The van der Waals surface area contributed by atoms with Crippen molar-refractivity contribution in [1.82, 2.24) is 9.97 Å². The second kappa shape index (κ2) is 6.07. The number of aromatic nitrogens is 2. The molecular formula is C14H13F4N3. The molecule has 21 heavy (non-hydrogen) atoms. The highest BCUT2D eigenvalue weighted by Gasteiger charge is 2.34. The van der Waals surface area contributed by atoms with Crippen molar-refractivity contribution in [1.29, 1.82) is 0 Å². The summed E-state index contributed by atoms with van der Waals surface area (Å²) >= 11 is 0. The summed E-state index contributed by atoms with van der Waals surface area (Å²) in [6.45, 7) is 2.56. The Labute approximate surface area is 119 Å². The van der Waals surface area contributed by atoms with E-state index in [1.165, 1.54) is 18.5 Å². The zero-order chi connectivity index (χ0) is 15.5. The van der Waals surface area contributed by atoms with Gasteiger partial charge in [0.1, 0.15) is 11.5 Å². The topological polar surface area (TPSA) is 37.8 Å². The highest BCUT2D eigenvalue weighted by atomic mass is 19.4. The Kier molecular flexibility index (Phi) is 4.40. The molecule has 0 aliphatic rings. The van der Waals surface area contributed by atoms with Gasteiger partial charge in [0.05, 0.1) is 5.56 Å². The van der Waals surface area contributed by atoms with Crippen LogP contribution in [0.3, 0.4) is 0 Å². The molecule has 1 heterocycles. The smallest absolute Gasteiger partial charge is 0.368 e. The van der Waals surface area contributed by atoms with E-state index in [1.807, 2.05) is 6.92 Å². The van der Waals surface area contributed by atoms with E-state index >= 15 is 0 Å². The number of nitrogens with zero attached hydrogens (tertiary/aromatic N) is 2. The molecule has 0 aliphatic carbocycles. The van der Waals surface area contributed by atoms with Crippen molar-refractivity contribution in [3.8, 4) is 11.3 Å². The van der Waals surface area contributed by atoms with Crippen LogP contribution in [-0.2, 0) is 6.18 Å². The summed E-state index contributed by atoms with van der Waals surface area (Å²) in [5, 5.41) is 2.99. The lowest BCUT2D eigenvalue weighted by molar-refractivity contribution is -0.139. The number of rotatable bonds is 4. The average Bonchev–Trinajstić information content (AvgIpc) is 2.45. The second-order valence-corrected chi connectivity index (χ2v) is 4.37. The summed E-state index contributed by atoms with van der Waals surface area (Å²) in [4.78, 5) is 8.10. The van der Waals surface area contributed by atoms with Crippen LogP contribution >= 0.6 is 0 Å². The van der Waals surface area contributed by atoms with Gasteiger partial charge >= 0.3 is 6.18 Å². The van der Waals surface area contributed by atoms with Crippen LogP contribution in [0.15, 0.2) is 30.6 Å². The Morgan fingerprint density at radius 2 is 1.86 bits per heavy atom. The van der Waals surface area contributed by atoms with Crippen LogP contribution in [0.25, 0.3) is 11.3 Å². The van der Waals surface area contributed by atoms with Crippen molar-refractivity contribution in [3.63, 3.8) is 0 Å². The summed E-state index contributed by atoms with van der Waals surface area (Å²) in [6.07, 6.45) is -1.11. The van der Waals surface area contributed by atoms with Gasteiger partial charge in [0, 0.05) is 24.5 Å². The molecule has 1 aromatic carbocycles. The third-order valence-corrected chi connectivity index (χ3v) is 2.79. The lowest BCUT2D eigenvalue weighted by Crippen LogP contribution is -2.09. The third kappa shape index (κ3) is 3.48. The highest BCUT2D eigenvalue weighted by Crippen LogP contribution is 2.34. The van der Waals surface area contributed by atoms with E-state index < -0.39 is 17.6 Å². The van der Waals surface area contributed by atoms with Gasteiger partial charge in [0.25, 0.3) is 0 Å². The Morgan fingerprint density at radius 3 is 2.52 bits per heavy atom. The van der Waals surface area contributed by atoms with E-state index in [1.54, 1.807) is 0 Å². The first kappa shape index (κ1) is 15.2. The van der Waals surface area contributed by atoms with E-state index in [9.17, 15) is 17.6 Å². The lowest BCUT2D eigenvalue weighted by Gasteiger charge is -2.12. The molecule has 0 aliphatic heterocycles. The van der Waals surface area contributed by atoms with Gasteiger partial charge in [-0.3, -0.25) is 4.98 Å². The first-order valence-corrected chi connectivity index (χ1v) is 6.35. The highest BCUT2D eigenvalue weighted by molar-refractivity contribution is 5.71. The van der Waals surface area contributed by atoms with Crippen LogP contribution in [0, 0.1) is 5.82 Å². The fourth-order valence-electron chi connectivity index (χ4n) is 1.81. The van der Waals surface area contributed by atoms with Crippen molar-refractivity contribution in [2.75, 3.05) is 11.9 Å². The molecule has 0 amide bonds. The minimum Gasteiger partial charge on any atom is -0.368 e. The molecule has 0 unspecified atom stereocenters. The molecule has 2 aromatic rings. The largest absolute Gasteiger partial charge is 0.419 e. The predicted octanol–water partition coefficient (Wildman–Crippen LogP) is 4.12. The molecule has 3 nitrogen and oxygen atoms in total. The first-order chi connectivity index (χ1) is 9.93. The fourth-order valence-corrected chi connectivity index (χ4v) is 1.81. The minimum absolute atomic E-state index is 0.162. The maximum atomic E-state index is 13.3. The van der Waals surface area contributed by atoms with Crippen molar-refractivity contribution < 1.29 is 17.6 Å². The molecule has 0 radical (unpaired) electrons. The molecule has 1 aromatic heterocycles. The Balaban J connectivity index is 2.48. The Bertz CT molecular complexity index is 626. The van der Waals surface area contributed by atoms with Gasteiger partial charge in [-0.25, -0.2) is 9.37 Å².